The van der Waals surface area contributed by atoms with Gasteiger partial charge in [-0.15, -0.1) is 34.5 Å². The first-order valence-corrected chi connectivity index (χ1v) is 9.00. The Kier molecular flexibility index (Phi) is 4.80. The maximum absolute atomic E-state index is 12.0. The van der Waals surface area contributed by atoms with Crippen molar-refractivity contribution in [3.63, 3.8) is 0 Å². The summed E-state index contributed by atoms with van der Waals surface area (Å²) >= 11 is 13.2. The van der Waals surface area contributed by atoms with Crippen LogP contribution in [0.5, 0.6) is 5.75 Å². The van der Waals surface area contributed by atoms with Gasteiger partial charge in [0.2, 0.25) is 5.91 Å². The van der Waals surface area contributed by atoms with Crippen LogP contribution in [0.3, 0.4) is 0 Å². The third-order valence-corrected chi connectivity index (χ3v) is 5.09. The topological polar surface area (TPSA) is 51.2 Å². The normalized spacial score (nSPS) is 18.5. The lowest BCUT2D eigenvalue weighted by Gasteiger charge is -2.04. The molecule has 0 unspecified atom stereocenters. The van der Waals surface area contributed by atoms with Crippen LogP contribution in [0.15, 0.2) is 29.6 Å². The van der Waals surface area contributed by atoms with Crippen molar-refractivity contribution in [3.8, 4) is 17.0 Å². The van der Waals surface area contributed by atoms with Crippen molar-refractivity contribution in [1.82, 2.24) is 4.98 Å². The number of nitrogens with zero attached hydrogens (tertiary/aromatic N) is 1. The molecular weight excluding hydrogens is 355 g/mol. The van der Waals surface area contributed by atoms with Crippen molar-refractivity contribution in [2.45, 2.75) is 24.1 Å². The van der Waals surface area contributed by atoms with Crippen molar-refractivity contribution in [3.05, 3.63) is 29.6 Å². The van der Waals surface area contributed by atoms with Crippen molar-refractivity contribution in [2.24, 2.45) is 5.92 Å². The average molecular weight is 371 g/mol. The molecule has 2 aromatic rings. The van der Waals surface area contributed by atoms with Gasteiger partial charge in [-0.2, -0.15) is 0 Å². The summed E-state index contributed by atoms with van der Waals surface area (Å²) in [5, 5.41) is 5.21. The van der Waals surface area contributed by atoms with Gasteiger partial charge in [-0.3, -0.25) is 4.79 Å². The Labute approximate surface area is 148 Å². The van der Waals surface area contributed by atoms with Gasteiger partial charge in [-0.25, -0.2) is 4.98 Å². The third-order valence-electron chi connectivity index (χ3n) is 3.50. The third kappa shape index (κ3) is 3.97. The fourth-order valence-electron chi connectivity index (χ4n) is 2.10. The molecule has 0 aliphatic heterocycles. The summed E-state index contributed by atoms with van der Waals surface area (Å²) < 4.78 is 4.64. The van der Waals surface area contributed by atoms with Crippen LogP contribution in [0.2, 0.25) is 0 Å². The summed E-state index contributed by atoms with van der Waals surface area (Å²) in [6.45, 7) is 2.77. The summed E-state index contributed by atoms with van der Waals surface area (Å²) in [6, 6.07) is 7.74. The maximum Gasteiger partial charge on any atom is 0.232 e. The van der Waals surface area contributed by atoms with E-state index >= 15 is 0 Å². The highest BCUT2D eigenvalue weighted by Crippen LogP contribution is 2.53. The number of anilines is 1. The van der Waals surface area contributed by atoms with E-state index in [9.17, 15) is 4.79 Å². The average Bonchev–Trinajstić information content (AvgIpc) is 2.95. The zero-order valence-corrected chi connectivity index (χ0v) is 14.8. The molecule has 1 fully saturated rings. The van der Waals surface area contributed by atoms with Crippen LogP contribution in [0.4, 0.5) is 5.13 Å². The first-order valence-electron chi connectivity index (χ1n) is 7.37. The van der Waals surface area contributed by atoms with Gasteiger partial charge in [0.05, 0.1) is 18.2 Å². The van der Waals surface area contributed by atoms with Crippen molar-refractivity contribution in [1.29, 1.82) is 0 Å². The summed E-state index contributed by atoms with van der Waals surface area (Å²) in [4.78, 5) is 16.4. The summed E-state index contributed by atoms with van der Waals surface area (Å²) in [7, 11) is 0. The number of nitrogens with one attached hydrogen (secondary N) is 1. The Bertz CT molecular complexity index is 700. The number of ether oxygens (including phenoxy) is 1. The lowest BCUT2D eigenvalue weighted by atomic mass is 10.2. The van der Waals surface area contributed by atoms with Gasteiger partial charge in [-0.05, 0) is 37.1 Å². The molecule has 122 valence electrons. The molecule has 1 aliphatic rings. The first-order chi connectivity index (χ1) is 11.0. The maximum atomic E-state index is 12.0. The fraction of sp³-hybridized carbons (Fsp3) is 0.375. The van der Waals surface area contributed by atoms with Crippen molar-refractivity contribution >= 4 is 45.6 Å². The van der Waals surface area contributed by atoms with E-state index in [1.54, 1.807) is 0 Å². The predicted octanol–water partition coefficient (Wildman–Crippen LogP) is 4.73. The van der Waals surface area contributed by atoms with Crippen LogP contribution < -0.4 is 10.1 Å². The van der Waals surface area contributed by atoms with E-state index in [1.807, 2.05) is 29.6 Å². The largest absolute Gasteiger partial charge is 0.494 e. The number of hydrogen-bond donors (Lipinski definition) is 1. The molecular formula is C16H16Cl2N2O2S. The molecule has 1 aromatic heterocycles. The summed E-state index contributed by atoms with van der Waals surface area (Å²) in [5.74, 6) is 0.307. The lowest BCUT2D eigenvalue weighted by Crippen LogP contribution is -2.16. The molecule has 23 heavy (non-hydrogen) atoms. The number of carbonyl (C=O) groups is 1. The molecule has 1 N–H and O–H groups in total. The van der Waals surface area contributed by atoms with Crippen LogP contribution in [0.25, 0.3) is 11.3 Å². The molecule has 1 aliphatic carbocycles. The highest BCUT2D eigenvalue weighted by molar-refractivity contribution is 7.14. The lowest BCUT2D eigenvalue weighted by molar-refractivity contribution is -0.117. The second-order valence-corrected chi connectivity index (χ2v) is 7.82. The molecule has 1 saturated carbocycles. The number of carbonyl (C=O) groups excluding carboxylic acids is 1. The van der Waals surface area contributed by atoms with Gasteiger partial charge in [0, 0.05) is 10.9 Å². The van der Waals surface area contributed by atoms with Crippen molar-refractivity contribution in [2.75, 3.05) is 11.9 Å². The molecule has 0 radical (unpaired) electrons. The molecule has 1 atom stereocenters. The fourth-order valence-corrected chi connectivity index (χ4v) is 3.33. The van der Waals surface area contributed by atoms with Gasteiger partial charge >= 0.3 is 0 Å². The zero-order valence-electron chi connectivity index (χ0n) is 12.5. The smallest absolute Gasteiger partial charge is 0.232 e. The summed E-state index contributed by atoms with van der Waals surface area (Å²) in [6.07, 6.45) is 1.46. The molecule has 0 bridgehead atoms. The minimum atomic E-state index is -0.918. The Morgan fingerprint density at radius 1 is 1.43 bits per heavy atom. The second kappa shape index (κ2) is 6.67. The zero-order chi connectivity index (χ0) is 16.4. The minimum Gasteiger partial charge on any atom is -0.494 e. The second-order valence-electron chi connectivity index (χ2n) is 5.42. The highest BCUT2D eigenvalue weighted by Gasteiger charge is 2.56. The molecule has 0 spiro atoms. The van der Waals surface area contributed by atoms with Crippen LogP contribution in [-0.2, 0) is 4.79 Å². The number of amides is 1. The molecule has 7 heteroatoms. The predicted molar refractivity (Wildman–Crippen MR) is 94.5 cm³/mol. The number of aromatic nitrogens is 1. The van der Waals surface area contributed by atoms with E-state index in [0.29, 0.717) is 18.2 Å². The number of halogens is 2. The Hall–Kier alpha value is -1.30. The van der Waals surface area contributed by atoms with E-state index < -0.39 is 4.33 Å². The van der Waals surface area contributed by atoms with Gasteiger partial charge in [0.1, 0.15) is 10.1 Å². The Morgan fingerprint density at radius 2 is 2.13 bits per heavy atom. The van der Waals surface area contributed by atoms with Crippen LogP contribution in [0, 0.1) is 5.92 Å². The molecule has 4 nitrogen and oxygen atoms in total. The number of hydrogen-bond acceptors (Lipinski definition) is 4. The van der Waals surface area contributed by atoms with Crippen LogP contribution in [0.1, 0.15) is 19.8 Å². The van der Waals surface area contributed by atoms with E-state index in [1.165, 1.54) is 11.3 Å². The van der Waals surface area contributed by atoms with Gasteiger partial charge in [0.15, 0.2) is 5.13 Å². The molecule has 3 rings (SSSR count). The number of benzene rings is 1. The Morgan fingerprint density at radius 3 is 2.74 bits per heavy atom. The number of rotatable bonds is 6. The number of thiazole rings is 1. The van der Waals surface area contributed by atoms with E-state index in [4.69, 9.17) is 27.9 Å². The number of alkyl halides is 2. The standard InChI is InChI=1S/C16H16Cl2N2O2S/c1-2-7-22-11-5-3-10(4-6-11)13-9-23-15(19-13)20-14(21)12-8-16(12,17)18/h3-6,9,12H,2,7-8H2,1H3,(H,19,20,21)/t12-/m0/s1. The molecule has 0 saturated heterocycles. The molecule has 1 aromatic carbocycles. The summed E-state index contributed by atoms with van der Waals surface area (Å²) in [5.41, 5.74) is 1.78. The van der Waals surface area contributed by atoms with Gasteiger partial charge in [0.25, 0.3) is 0 Å². The van der Waals surface area contributed by atoms with E-state index in [0.717, 1.165) is 23.4 Å². The van der Waals surface area contributed by atoms with Gasteiger partial charge < -0.3 is 10.1 Å². The van der Waals surface area contributed by atoms with Crippen LogP contribution in [-0.4, -0.2) is 21.8 Å². The molecule has 1 heterocycles. The quantitative estimate of drug-likeness (QED) is 0.747. The van der Waals surface area contributed by atoms with Crippen LogP contribution >= 0.6 is 34.5 Å². The Balaban J connectivity index is 1.63. The molecule has 1 amide bonds. The van der Waals surface area contributed by atoms with Gasteiger partial charge in [-0.1, -0.05) is 6.92 Å². The van der Waals surface area contributed by atoms with E-state index in [-0.39, 0.29) is 11.8 Å². The minimum absolute atomic E-state index is 0.181. The first kappa shape index (κ1) is 16.6. The SMILES string of the molecule is CCCOc1ccc(-c2csc(NC(=O)[C@@H]3CC3(Cl)Cl)n2)cc1. The van der Waals surface area contributed by atoms with Crippen molar-refractivity contribution < 1.29 is 9.53 Å². The monoisotopic (exact) mass is 370 g/mol. The highest BCUT2D eigenvalue weighted by atomic mass is 35.5. The van der Waals surface area contributed by atoms with E-state index in [2.05, 4.69) is 17.2 Å².